The van der Waals surface area contributed by atoms with Crippen molar-refractivity contribution in [2.24, 2.45) is 21.6 Å². The van der Waals surface area contributed by atoms with E-state index in [0.29, 0.717) is 35.2 Å². The number of amidine groups is 1. The number of carboxylic acid groups (broad SMARTS) is 1. The number of aryl methyl sites for hydroxylation is 1. The number of hydrogen-bond donors (Lipinski definition) is 5. The van der Waals surface area contributed by atoms with Gasteiger partial charge >= 0.3 is 240 Å². The van der Waals surface area contributed by atoms with Crippen molar-refractivity contribution >= 4 is 70.6 Å². The van der Waals surface area contributed by atoms with E-state index in [0.717, 1.165) is 36.2 Å². The Kier molecular flexibility index (Phi) is 9.68. The first-order valence-corrected chi connectivity index (χ1v) is 19.0. The van der Waals surface area contributed by atoms with Gasteiger partial charge in [-0.3, -0.25) is 4.99 Å². The molecule has 2 aromatic rings. The van der Waals surface area contributed by atoms with Gasteiger partial charge in [0.05, 0.1) is 0 Å². The maximum atomic E-state index is 13.6. The quantitative estimate of drug-likeness (QED) is 0.0441. The number of carbonyl (C=O) groups is 3. The van der Waals surface area contributed by atoms with E-state index < -0.39 is 64.5 Å². The van der Waals surface area contributed by atoms with E-state index in [1.165, 1.54) is 26.2 Å². The molecule has 8 N–H and O–H groups in total. The topological polar surface area (TPSA) is 272 Å². The molecule has 1 radical (unpaired) electrons. The number of nitrogens with two attached hydrogens (primary N) is 3. The zero-order valence-corrected chi connectivity index (χ0v) is 29.7. The second-order valence-corrected chi connectivity index (χ2v) is 16.9. The zero-order valence-electron chi connectivity index (χ0n) is 26.2. The Morgan fingerprint density at radius 1 is 1.31 bits per heavy atom. The average Bonchev–Trinajstić information content (AvgIpc) is 3.60. The number of amides is 1. The number of carbonyl (C=O) groups excluding carboxylic acids is 2. The first-order chi connectivity index (χ1) is 22.3. The average molecular weight is 769 g/mol. The van der Waals surface area contributed by atoms with Gasteiger partial charge in [-0.25, -0.2) is 0 Å². The Labute approximate surface area is 286 Å². The summed E-state index contributed by atoms with van der Waals surface area (Å²) >= 11 is -0.590. The van der Waals surface area contributed by atoms with Gasteiger partial charge in [0.25, 0.3) is 0 Å². The molecule has 17 nitrogen and oxygen atoms in total. The van der Waals surface area contributed by atoms with E-state index in [-0.39, 0.29) is 28.5 Å². The summed E-state index contributed by atoms with van der Waals surface area (Å²) in [6, 6.07) is 5.25. The fraction of sp³-hybridized carbons (Fsp3) is 0.500. The summed E-state index contributed by atoms with van der Waals surface area (Å²) in [5, 5.41) is 16.2. The number of aliphatic carboxylic acids is 1. The fourth-order valence-electron chi connectivity index (χ4n) is 5.17. The maximum absolute atomic E-state index is 13.6. The minimum atomic E-state index is -4.99. The molecule has 1 saturated heterocycles. The summed E-state index contributed by atoms with van der Waals surface area (Å²) in [5.74, 6) is -1.46. The number of benzene rings is 1. The molecule has 48 heavy (non-hydrogen) atoms. The van der Waals surface area contributed by atoms with Crippen LogP contribution < -0.4 is 21.9 Å². The van der Waals surface area contributed by atoms with Gasteiger partial charge in [-0.15, -0.1) is 0 Å². The standard InChI is InChI=1S/C28H35AsN7O10S2/c1-26(2)20(23(38)36(26)46-48(41,42)43)29-21(37)19(16-13-47-25(31)34-16)35-45-27(3,24(39)40)18-7-5-14-12-15(4-6-17(14)44-18)22(30)33-11-10-28(32)8-9-28/h4,6,12-13,18,20H,5,7-11,32H2,1-3H3,(H2,30,33)(H2,31,34)(H,39,40)(H,41,42,43)/b35-19-/t18-,20-,27+/m1/s1. The number of nitrogen functional groups attached to an aromatic ring is 1. The Morgan fingerprint density at radius 3 is 2.60 bits per heavy atom. The van der Waals surface area contributed by atoms with Crippen molar-refractivity contribution in [2.45, 2.75) is 80.4 Å². The molecular formula is C28H35AsN7O10S2. The Morgan fingerprint density at radius 2 is 2.02 bits per heavy atom. The number of aromatic nitrogens is 1. The van der Waals surface area contributed by atoms with Gasteiger partial charge < -0.3 is 11.5 Å². The molecular weight excluding hydrogens is 733 g/mol. The third-order valence-corrected chi connectivity index (χ3v) is 12.7. The van der Waals surface area contributed by atoms with Crippen LogP contribution in [0.25, 0.3) is 0 Å². The van der Waals surface area contributed by atoms with Crippen LogP contribution in [0.5, 0.6) is 5.75 Å². The SMILES string of the molecule is CC1(C)[C@H]([As]C(=O)/C(=N\O[C@](C)(C(=O)O)[C@H]2CCc3cc(C(N)=NCCC4(N)CC4)ccc3O2)c2csc(N)n2)C(=O)N1OS(=O)(=O)O. The normalized spacial score (nSPS) is 23.2. The van der Waals surface area contributed by atoms with Gasteiger partial charge in [0, 0.05) is 12.1 Å². The Balaban J connectivity index is 1.33. The van der Waals surface area contributed by atoms with Crippen LogP contribution in [-0.2, 0) is 40.3 Å². The first-order valence-electron chi connectivity index (χ1n) is 14.7. The molecule has 5 rings (SSSR count). The molecule has 1 aromatic carbocycles. The summed E-state index contributed by atoms with van der Waals surface area (Å²) in [4.78, 5) is 53.1. The number of hydrogen-bond acceptors (Lipinski definition) is 14. The zero-order chi connectivity index (χ0) is 35.2. The van der Waals surface area contributed by atoms with E-state index in [1.54, 1.807) is 12.1 Å². The number of ether oxygens (including phenoxy) is 1. The van der Waals surface area contributed by atoms with Crippen LogP contribution >= 0.6 is 11.3 Å². The van der Waals surface area contributed by atoms with Crippen LogP contribution in [0, 0.1) is 0 Å². The number of oxime groups is 1. The molecule has 1 aliphatic carbocycles. The van der Waals surface area contributed by atoms with Crippen LogP contribution in [0.15, 0.2) is 33.7 Å². The number of nitrogens with zero attached hydrogens (tertiary/aromatic N) is 4. The van der Waals surface area contributed by atoms with E-state index in [2.05, 4.69) is 19.4 Å². The number of thiazole rings is 1. The number of β-lactam (4-membered cyclic amide) rings is 1. The van der Waals surface area contributed by atoms with Crippen molar-refractivity contribution in [3.63, 3.8) is 0 Å². The summed E-state index contributed by atoms with van der Waals surface area (Å²) in [5.41, 5.74) is 15.8. The van der Waals surface area contributed by atoms with E-state index in [4.69, 9.17) is 31.3 Å². The summed E-state index contributed by atoms with van der Waals surface area (Å²) < 4.78 is 40.2. The van der Waals surface area contributed by atoms with Gasteiger partial charge in [0.1, 0.15) is 0 Å². The van der Waals surface area contributed by atoms with E-state index >= 15 is 0 Å². The molecule has 1 aromatic heterocycles. The molecule has 1 saturated carbocycles. The number of anilines is 1. The number of hydroxylamine groups is 2. The van der Waals surface area contributed by atoms with Crippen LogP contribution in [0.4, 0.5) is 5.13 Å². The van der Waals surface area contributed by atoms with Crippen molar-refractivity contribution in [1.29, 1.82) is 0 Å². The van der Waals surface area contributed by atoms with Gasteiger partial charge in [-0.1, -0.05) is 0 Å². The summed E-state index contributed by atoms with van der Waals surface area (Å²) in [6.45, 7) is 4.69. The second-order valence-electron chi connectivity index (χ2n) is 12.5. The minimum absolute atomic E-state index is 0.00151. The predicted molar refractivity (Wildman–Crippen MR) is 174 cm³/mol. The molecule has 259 valence electrons. The van der Waals surface area contributed by atoms with Gasteiger partial charge in [0.2, 0.25) is 0 Å². The van der Waals surface area contributed by atoms with Gasteiger partial charge in [0.15, 0.2) is 0 Å². The molecule has 0 bridgehead atoms. The summed E-state index contributed by atoms with van der Waals surface area (Å²) in [7, 11) is -4.99. The second kappa shape index (κ2) is 13.0. The Bertz CT molecular complexity index is 1810. The number of fused-ring (bicyclic) bond motifs is 1. The molecule has 2 aliphatic heterocycles. The van der Waals surface area contributed by atoms with E-state index in [1.807, 2.05) is 6.07 Å². The van der Waals surface area contributed by atoms with Crippen molar-refractivity contribution < 1.29 is 46.3 Å². The molecule has 3 heterocycles. The predicted octanol–water partition coefficient (Wildman–Crippen LogP) is 0.644. The van der Waals surface area contributed by atoms with Crippen molar-refractivity contribution in [3.05, 3.63) is 40.4 Å². The van der Waals surface area contributed by atoms with E-state index in [9.17, 15) is 27.9 Å². The molecule has 20 heteroatoms. The van der Waals surface area contributed by atoms with Crippen molar-refractivity contribution in [2.75, 3.05) is 12.3 Å². The molecule has 0 spiro atoms. The molecule has 0 unspecified atom stereocenters. The molecule has 2 fully saturated rings. The fourth-order valence-corrected chi connectivity index (χ4v) is 8.58. The summed E-state index contributed by atoms with van der Waals surface area (Å²) in [6.07, 6.45) is 2.33. The van der Waals surface area contributed by atoms with Crippen LogP contribution in [0.2, 0.25) is 4.71 Å². The first kappa shape index (κ1) is 35.7. The molecule has 3 atom stereocenters. The number of carboxylic acids is 1. The third-order valence-electron chi connectivity index (χ3n) is 8.46. The molecule has 3 aliphatic rings. The van der Waals surface area contributed by atoms with Crippen LogP contribution in [-0.4, -0.2) is 101 Å². The third kappa shape index (κ3) is 7.50. The van der Waals surface area contributed by atoms with Crippen LogP contribution in [0.1, 0.15) is 63.3 Å². The Hall–Kier alpha value is -3.61. The van der Waals surface area contributed by atoms with Gasteiger partial charge in [-0.2, -0.15) is 0 Å². The van der Waals surface area contributed by atoms with Crippen LogP contribution in [0.3, 0.4) is 0 Å². The van der Waals surface area contributed by atoms with Crippen molar-refractivity contribution in [3.8, 4) is 5.75 Å². The van der Waals surface area contributed by atoms with Crippen molar-refractivity contribution in [1.82, 2.24) is 10.0 Å². The monoisotopic (exact) mass is 768 g/mol. The number of aliphatic imine (C=N–C) groups is 1. The number of rotatable bonds is 14. The van der Waals surface area contributed by atoms with Gasteiger partial charge in [-0.05, 0) is 19.3 Å². The molecule has 1 amide bonds.